The van der Waals surface area contributed by atoms with E-state index >= 15 is 0 Å². The largest absolute Gasteiger partial charge is 0.351 e. The van der Waals surface area contributed by atoms with Gasteiger partial charge in [0.25, 0.3) is 5.24 Å². The molecule has 1 amide bonds. The van der Waals surface area contributed by atoms with Crippen molar-refractivity contribution in [1.29, 1.82) is 0 Å². The summed E-state index contributed by atoms with van der Waals surface area (Å²) in [6, 6.07) is 1.38. The summed E-state index contributed by atoms with van der Waals surface area (Å²) in [6.07, 6.45) is -0.975. The summed E-state index contributed by atoms with van der Waals surface area (Å²) in [4.78, 5) is 13.6. The van der Waals surface area contributed by atoms with Crippen molar-refractivity contribution in [2.75, 3.05) is 29.1 Å². The van der Waals surface area contributed by atoms with Crippen LogP contribution in [0.15, 0.2) is 10.6 Å². The number of halogens is 3. The van der Waals surface area contributed by atoms with Crippen molar-refractivity contribution in [2.24, 2.45) is 0 Å². The number of fused-ring (bicyclic) bond motifs is 1. The van der Waals surface area contributed by atoms with Crippen LogP contribution in [0.4, 0.5) is 19.4 Å². The second-order valence-electron chi connectivity index (χ2n) is 5.32. The quantitative estimate of drug-likeness (QED) is 0.507. The van der Waals surface area contributed by atoms with Gasteiger partial charge in [-0.05, 0) is 6.07 Å². The Kier molecular flexibility index (Phi) is 4.39. The predicted octanol–water partition coefficient (Wildman–Crippen LogP) is 3.63. The number of nitrogens with zero attached hydrogens (tertiary/aromatic N) is 2. The van der Waals surface area contributed by atoms with E-state index in [0.29, 0.717) is 19.8 Å². The fourth-order valence-corrected chi connectivity index (χ4v) is 4.38. The van der Waals surface area contributed by atoms with E-state index < -0.39 is 17.9 Å². The molecule has 0 saturated carbocycles. The van der Waals surface area contributed by atoms with Crippen LogP contribution in [-0.2, 0) is 9.47 Å². The topological polar surface area (TPSA) is 64.8 Å². The molecular formula is C14H11F2IN2O4S. The highest BCUT2D eigenvalue weighted by Crippen LogP contribution is 2.39. The van der Waals surface area contributed by atoms with Gasteiger partial charge in [0.15, 0.2) is 17.9 Å². The molecule has 2 saturated heterocycles. The molecule has 3 heterocycles. The van der Waals surface area contributed by atoms with Crippen molar-refractivity contribution in [3.05, 3.63) is 23.3 Å². The van der Waals surface area contributed by atoms with Gasteiger partial charge in [0.05, 0.1) is 18.6 Å². The molecule has 0 radical (unpaired) electrons. The van der Waals surface area contributed by atoms with Crippen molar-refractivity contribution in [1.82, 2.24) is 5.16 Å². The molecule has 0 unspecified atom stereocenters. The number of ether oxygens (including phenoxy) is 2. The Hall–Kier alpha value is -0.980. The van der Waals surface area contributed by atoms with Gasteiger partial charge < -0.3 is 14.0 Å². The zero-order valence-corrected chi connectivity index (χ0v) is 15.1. The second kappa shape index (κ2) is 6.39. The van der Waals surface area contributed by atoms with Crippen molar-refractivity contribution >= 4 is 56.4 Å². The van der Waals surface area contributed by atoms with Crippen molar-refractivity contribution < 1.29 is 27.6 Å². The highest BCUT2D eigenvalue weighted by atomic mass is 127. The molecule has 2 fully saturated rings. The average molecular weight is 468 g/mol. The van der Waals surface area contributed by atoms with Crippen molar-refractivity contribution in [3.8, 4) is 0 Å². The first-order chi connectivity index (χ1) is 11.6. The lowest BCUT2D eigenvalue weighted by molar-refractivity contribution is -0.0467. The molecule has 0 N–H and O–H groups in total. The molecule has 6 nitrogen and oxygen atoms in total. The Balaban J connectivity index is 1.82. The normalized spacial score (nSPS) is 22.2. The Morgan fingerprint density at radius 1 is 1.33 bits per heavy atom. The minimum Gasteiger partial charge on any atom is -0.351 e. The number of hydrogen-bond donors (Lipinski definition) is 0. The number of aromatic nitrogens is 1. The van der Waals surface area contributed by atoms with Gasteiger partial charge in [-0.3, -0.25) is 9.69 Å². The zero-order chi connectivity index (χ0) is 16.8. The van der Waals surface area contributed by atoms with E-state index in [9.17, 15) is 13.6 Å². The lowest BCUT2D eigenvalue weighted by Crippen LogP contribution is -2.25. The van der Waals surface area contributed by atoms with E-state index in [0.717, 1.165) is 4.43 Å². The molecule has 0 spiro atoms. The number of amides is 1. The fourth-order valence-electron chi connectivity index (χ4n) is 2.70. The number of carbonyl (C=O) groups is 1. The molecule has 1 atom stereocenters. The van der Waals surface area contributed by atoms with Gasteiger partial charge in [-0.1, -0.05) is 39.5 Å². The maximum Gasteiger partial charge on any atom is 0.287 e. The van der Waals surface area contributed by atoms with E-state index in [-0.39, 0.29) is 32.8 Å². The van der Waals surface area contributed by atoms with Crippen LogP contribution in [0, 0.1) is 11.6 Å². The molecule has 1 aromatic carbocycles. The van der Waals surface area contributed by atoms with E-state index in [2.05, 4.69) is 27.7 Å². The first-order valence-electron chi connectivity index (χ1n) is 7.14. The maximum absolute atomic E-state index is 14.3. The highest BCUT2D eigenvalue weighted by Gasteiger charge is 2.35. The SMILES string of the molecule is O=C1S[C@@H](CI)CN1c1noc2c(F)c(F)c(C3OCCO3)cc12. The number of hydrogen-bond acceptors (Lipinski definition) is 6. The summed E-state index contributed by atoms with van der Waals surface area (Å²) >= 11 is 3.40. The minimum absolute atomic E-state index is 0.0632. The third-order valence-electron chi connectivity index (χ3n) is 3.83. The number of rotatable bonds is 3. The van der Waals surface area contributed by atoms with Gasteiger partial charge >= 0.3 is 0 Å². The first-order valence-corrected chi connectivity index (χ1v) is 9.55. The standard InChI is InChI=1S/C14H11F2IN2O4S/c15-9-7(13-21-1-2-22-13)3-8-11(10(9)16)23-18-12(8)19-5-6(4-17)24-14(19)20/h3,6,13H,1-2,4-5H2/t6-/m0/s1. The highest BCUT2D eigenvalue weighted by molar-refractivity contribution is 14.1. The number of benzene rings is 1. The predicted molar refractivity (Wildman–Crippen MR) is 91.6 cm³/mol. The summed E-state index contributed by atoms with van der Waals surface area (Å²) in [5.74, 6) is -2.07. The lowest BCUT2D eigenvalue weighted by atomic mass is 10.1. The molecule has 24 heavy (non-hydrogen) atoms. The molecule has 2 aliphatic heterocycles. The van der Waals surface area contributed by atoms with E-state index in [1.807, 2.05) is 0 Å². The molecule has 0 aliphatic carbocycles. The van der Waals surface area contributed by atoms with Crippen LogP contribution in [0.2, 0.25) is 0 Å². The molecule has 1 aromatic heterocycles. The summed E-state index contributed by atoms with van der Waals surface area (Å²) in [6.45, 7) is 1.05. The van der Waals surface area contributed by atoms with Crippen LogP contribution in [0.1, 0.15) is 11.9 Å². The molecule has 0 bridgehead atoms. The summed E-state index contributed by atoms with van der Waals surface area (Å²) in [7, 11) is 0. The molecular weight excluding hydrogens is 457 g/mol. The summed E-state index contributed by atoms with van der Waals surface area (Å²) in [5, 5.41) is 3.95. The second-order valence-corrected chi connectivity index (χ2v) is 7.45. The zero-order valence-electron chi connectivity index (χ0n) is 12.1. The monoisotopic (exact) mass is 468 g/mol. The fraction of sp³-hybridized carbons (Fsp3) is 0.429. The number of thioether (sulfide) groups is 1. The van der Waals surface area contributed by atoms with E-state index in [1.165, 1.54) is 22.7 Å². The molecule has 2 aromatic rings. The Morgan fingerprint density at radius 3 is 2.75 bits per heavy atom. The third kappa shape index (κ3) is 2.59. The summed E-state index contributed by atoms with van der Waals surface area (Å²) < 4.78 is 44.8. The van der Waals surface area contributed by atoms with Crippen LogP contribution in [-0.4, -0.2) is 39.8 Å². The molecule has 128 valence electrons. The van der Waals surface area contributed by atoms with Crippen LogP contribution in [0.25, 0.3) is 11.0 Å². The van der Waals surface area contributed by atoms with Crippen LogP contribution in [0.3, 0.4) is 0 Å². The van der Waals surface area contributed by atoms with E-state index in [1.54, 1.807) is 0 Å². The number of carbonyl (C=O) groups excluding carboxylic acids is 1. The van der Waals surface area contributed by atoms with Crippen LogP contribution >= 0.6 is 34.4 Å². The van der Waals surface area contributed by atoms with E-state index in [4.69, 9.17) is 14.0 Å². The lowest BCUT2D eigenvalue weighted by Gasteiger charge is -2.13. The van der Waals surface area contributed by atoms with Crippen LogP contribution in [0.5, 0.6) is 0 Å². The molecule has 10 heteroatoms. The first kappa shape index (κ1) is 16.5. The van der Waals surface area contributed by atoms with Gasteiger partial charge in [-0.25, -0.2) is 4.39 Å². The molecule has 4 rings (SSSR count). The number of anilines is 1. The van der Waals surface area contributed by atoms with Gasteiger partial charge in [0.2, 0.25) is 11.4 Å². The van der Waals surface area contributed by atoms with Crippen molar-refractivity contribution in [3.63, 3.8) is 0 Å². The van der Waals surface area contributed by atoms with Gasteiger partial charge in [-0.2, -0.15) is 4.39 Å². The Labute approximate surface area is 152 Å². The average Bonchev–Trinajstić information content (AvgIpc) is 3.29. The van der Waals surface area contributed by atoms with Gasteiger partial charge in [-0.15, -0.1) is 0 Å². The van der Waals surface area contributed by atoms with Gasteiger partial charge in [0.1, 0.15) is 0 Å². The number of alkyl halides is 1. The minimum atomic E-state index is -1.16. The smallest absolute Gasteiger partial charge is 0.287 e. The molecule has 2 aliphatic rings. The Bertz CT molecular complexity index is 812. The Morgan fingerprint density at radius 2 is 2.08 bits per heavy atom. The van der Waals surface area contributed by atoms with Crippen molar-refractivity contribution in [2.45, 2.75) is 11.5 Å². The third-order valence-corrected chi connectivity index (χ3v) is 6.56. The van der Waals surface area contributed by atoms with Crippen LogP contribution < -0.4 is 4.90 Å². The van der Waals surface area contributed by atoms with Gasteiger partial charge in [0, 0.05) is 21.8 Å². The summed E-state index contributed by atoms with van der Waals surface area (Å²) in [5.41, 5.74) is -0.383. The maximum atomic E-state index is 14.3.